The molecule has 10 heteroatoms. The molecule has 2 fully saturated rings. The van der Waals surface area contributed by atoms with Gasteiger partial charge in [-0.2, -0.15) is 0 Å². The number of carboxylic acid groups (broad SMARTS) is 1. The topological polar surface area (TPSA) is 132 Å². The van der Waals surface area contributed by atoms with E-state index in [1.807, 2.05) is 0 Å². The molecule has 3 rings (SSSR count). The Labute approximate surface area is 181 Å². The molecular formula is C21H28N2O7S. The lowest BCUT2D eigenvalue weighted by Crippen LogP contribution is -2.46. The number of aliphatic hydroxyl groups excluding tert-OH is 1. The van der Waals surface area contributed by atoms with Crippen LogP contribution in [0.15, 0.2) is 30.3 Å². The molecule has 0 saturated carbocycles. The zero-order valence-corrected chi connectivity index (χ0v) is 18.0. The molecule has 2 heterocycles. The molecule has 0 bridgehead atoms. The molecule has 1 aromatic rings. The van der Waals surface area contributed by atoms with Crippen LogP contribution in [-0.2, 0) is 30.0 Å². The van der Waals surface area contributed by atoms with Gasteiger partial charge < -0.3 is 20.0 Å². The predicted molar refractivity (Wildman–Crippen MR) is 112 cm³/mol. The highest BCUT2D eigenvalue weighted by Crippen LogP contribution is 2.24. The second-order valence-corrected chi connectivity index (χ2v) is 10.4. The van der Waals surface area contributed by atoms with Gasteiger partial charge in [-0.15, -0.1) is 0 Å². The Morgan fingerprint density at radius 2 is 1.81 bits per heavy atom. The van der Waals surface area contributed by atoms with Gasteiger partial charge in [0, 0.05) is 26.1 Å². The lowest BCUT2D eigenvalue weighted by Gasteiger charge is -2.27. The Kier molecular flexibility index (Phi) is 7.32. The fourth-order valence-electron chi connectivity index (χ4n) is 4.24. The van der Waals surface area contributed by atoms with E-state index >= 15 is 0 Å². The Bertz CT molecular complexity index is 919. The van der Waals surface area contributed by atoms with E-state index in [1.54, 1.807) is 30.3 Å². The molecule has 9 nitrogen and oxygen atoms in total. The van der Waals surface area contributed by atoms with Crippen molar-refractivity contribution in [2.24, 2.45) is 5.92 Å². The molecule has 2 N–H and O–H groups in total. The molecular weight excluding hydrogens is 424 g/mol. The van der Waals surface area contributed by atoms with Crippen molar-refractivity contribution in [2.45, 2.75) is 43.6 Å². The Morgan fingerprint density at radius 3 is 2.42 bits per heavy atom. The summed E-state index contributed by atoms with van der Waals surface area (Å²) in [7, 11) is -3.74. The molecule has 0 unspecified atom stereocenters. The number of hydrogen-bond donors (Lipinski definition) is 2. The normalized spacial score (nSPS) is 22.5. The minimum atomic E-state index is -3.74. The maximum absolute atomic E-state index is 13.2. The average Bonchev–Trinajstić information content (AvgIpc) is 3.36. The lowest BCUT2D eigenvalue weighted by molar-refractivity contribution is -0.150. The first-order chi connectivity index (χ1) is 14.7. The van der Waals surface area contributed by atoms with Gasteiger partial charge in [0.2, 0.25) is 11.8 Å². The van der Waals surface area contributed by atoms with Crippen LogP contribution in [0.2, 0.25) is 0 Å². The number of carboxylic acids is 1. The second-order valence-electron chi connectivity index (χ2n) is 8.25. The molecule has 170 valence electrons. The number of aliphatic hydroxyl groups is 1. The standard InChI is InChI=1S/C21H28N2O7S/c24-17-8-10-22(12-17)19(25)11-16(20(26)23-9-4-7-18(23)21(27)28)14-31(29,30)13-15-5-2-1-3-6-15/h1-3,5-6,16-18,24H,4,7-14H2,(H,27,28)/t16-,17-,18-/m0/s1. The van der Waals surface area contributed by atoms with Gasteiger partial charge in [0.1, 0.15) is 6.04 Å². The van der Waals surface area contributed by atoms with E-state index in [1.165, 1.54) is 9.80 Å². The lowest BCUT2D eigenvalue weighted by atomic mass is 10.0. The smallest absolute Gasteiger partial charge is 0.326 e. The van der Waals surface area contributed by atoms with Crippen LogP contribution in [0.3, 0.4) is 0 Å². The summed E-state index contributed by atoms with van der Waals surface area (Å²) < 4.78 is 25.7. The highest BCUT2D eigenvalue weighted by molar-refractivity contribution is 7.90. The summed E-state index contributed by atoms with van der Waals surface area (Å²) in [5.74, 6) is -4.13. The Balaban J connectivity index is 1.78. The van der Waals surface area contributed by atoms with Crippen LogP contribution in [0.5, 0.6) is 0 Å². The number of amides is 2. The quantitative estimate of drug-likeness (QED) is 0.579. The van der Waals surface area contributed by atoms with Gasteiger partial charge in [0.25, 0.3) is 0 Å². The van der Waals surface area contributed by atoms with Gasteiger partial charge in [0.15, 0.2) is 9.84 Å². The molecule has 2 saturated heterocycles. The van der Waals surface area contributed by atoms with Crippen molar-refractivity contribution < 1.29 is 33.0 Å². The number of likely N-dealkylation sites (tertiary alicyclic amines) is 2. The first-order valence-corrected chi connectivity index (χ1v) is 12.2. The number of carbonyl (C=O) groups is 3. The van der Waals surface area contributed by atoms with Crippen LogP contribution in [0.1, 0.15) is 31.2 Å². The molecule has 0 aromatic heterocycles. The van der Waals surface area contributed by atoms with Crippen LogP contribution in [-0.4, -0.2) is 83.7 Å². The van der Waals surface area contributed by atoms with Crippen LogP contribution < -0.4 is 0 Å². The van der Waals surface area contributed by atoms with E-state index in [4.69, 9.17) is 0 Å². The second kappa shape index (κ2) is 9.78. The molecule has 1 aromatic carbocycles. The predicted octanol–water partition coefficient (Wildman–Crippen LogP) is 0.277. The van der Waals surface area contributed by atoms with Crippen molar-refractivity contribution in [3.63, 3.8) is 0 Å². The van der Waals surface area contributed by atoms with Crippen LogP contribution in [0.25, 0.3) is 0 Å². The van der Waals surface area contributed by atoms with Gasteiger partial charge in [0.05, 0.1) is 23.5 Å². The van der Waals surface area contributed by atoms with Crippen molar-refractivity contribution in [2.75, 3.05) is 25.4 Å². The number of carbonyl (C=O) groups excluding carboxylic acids is 2. The minimum absolute atomic E-state index is 0.151. The summed E-state index contributed by atoms with van der Waals surface area (Å²) in [6.45, 7) is 0.721. The first-order valence-electron chi connectivity index (χ1n) is 10.4. The van der Waals surface area contributed by atoms with Crippen molar-refractivity contribution >= 4 is 27.6 Å². The summed E-state index contributed by atoms with van der Waals surface area (Å²) in [5.41, 5.74) is 0.576. The summed E-state index contributed by atoms with van der Waals surface area (Å²) >= 11 is 0. The number of sulfone groups is 1. The van der Waals surface area contributed by atoms with E-state index in [9.17, 15) is 33.0 Å². The largest absolute Gasteiger partial charge is 0.480 e. The third-order valence-electron chi connectivity index (χ3n) is 5.79. The molecule has 31 heavy (non-hydrogen) atoms. The summed E-state index contributed by atoms with van der Waals surface area (Å²) in [6, 6.07) is 7.55. The molecule has 0 radical (unpaired) electrons. The van der Waals surface area contributed by atoms with Crippen molar-refractivity contribution in [1.29, 1.82) is 0 Å². The van der Waals surface area contributed by atoms with Crippen LogP contribution >= 0.6 is 0 Å². The van der Waals surface area contributed by atoms with Crippen LogP contribution in [0, 0.1) is 5.92 Å². The van der Waals surface area contributed by atoms with Gasteiger partial charge in [-0.25, -0.2) is 13.2 Å². The summed E-state index contributed by atoms with van der Waals surface area (Å²) in [4.78, 5) is 40.0. The number of rotatable bonds is 8. The van der Waals surface area contributed by atoms with E-state index in [0.717, 1.165) is 0 Å². The fourth-order valence-corrected chi connectivity index (χ4v) is 5.93. The van der Waals surface area contributed by atoms with E-state index in [0.29, 0.717) is 31.4 Å². The average molecular weight is 453 g/mol. The van der Waals surface area contributed by atoms with Gasteiger partial charge in [-0.3, -0.25) is 9.59 Å². The van der Waals surface area contributed by atoms with E-state index in [-0.39, 0.29) is 25.3 Å². The molecule has 0 aliphatic carbocycles. The first kappa shape index (κ1) is 23.2. The Hall–Kier alpha value is -2.46. The van der Waals surface area contributed by atoms with Gasteiger partial charge in [-0.1, -0.05) is 30.3 Å². The van der Waals surface area contributed by atoms with Crippen molar-refractivity contribution in [3.8, 4) is 0 Å². The monoisotopic (exact) mass is 452 g/mol. The summed E-state index contributed by atoms with van der Waals surface area (Å²) in [6.07, 6.45) is 0.288. The zero-order valence-electron chi connectivity index (χ0n) is 17.2. The SMILES string of the molecule is O=C(O)[C@@H]1CCCN1C(=O)[C@@H](CC(=O)N1CC[C@H](O)C1)CS(=O)(=O)Cc1ccccc1. The molecule has 2 amide bonds. The number of β-amino-alcohol motifs (C(OH)–C–C–N with tert-alkyl or cyclic N) is 1. The fraction of sp³-hybridized carbons (Fsp3) is 0.571. The van der Waals surface area contributed by atoms with E-state index < -0.39 is 51.4 Å². The molecule has 3 atom stereocenters. The van der Waals surface area contributed by atoms with E-state index in [2.05, 4.69) is 0 Å². The molecule has 0 spiro atoms. The summed E-state index contributed by atoms with van der Waals surface area (Å²) in [5, 5.41) is 19.1. The maximum Gasteiger partial charge on any atom is 0.326 e. The highest BCUT2D eigenvalue weighted by atomic mass is 32.2. The van der Waals surface area contributed by atoms with Crippen molar-refractivity contribution in [3.05, 3.63) is 35.9 Å². The van der Waals surface area contributed by atoms with Crippen LogP contribution in [0.4, 0.5) is 0 Å². The number of aliphatic carboxylic acids is 1. The molecule has 2 aliphatic heterocycles. The number of nitrogens with zero attached hydrogens (tertiary/aromatic N) is 2. The minimum Gasteiger partial charge on any atom is -0.480 e. The number of hydrogen-bond acceptors (Lipinski definition) is 6. The highest BCUT2D eigenvalue weighted by Gasteiger charge is 2.40. The number of benzene rings is 1. The maximum atomic E-state index is 13.2. The third kappa shape index (κ3) is 6.04. The van der Waals surface area contributed by atoms with Gasteiger partial charge in [-0.05, 0) is 24.8 Å². The third-order valence-corrected chi connectivity index (χ3v) is 7.48. The Morgan fingerprint density at radius 1 is 1.10 bits per heavy atom. The zero-order chi connectivity index (χ0) is 22.6. The van der Waals surface area contributed by atoms with Crippen molar-refractivity contribution in [1.82, 2.24) is 9.80 Å². The van der Waals surface area contributed by atoms with Gasteiger partial charge >= 0.3 is 5.97 Å². The molecule has 2 aliphatic rings.